The van der Waals surface area contributed by atoms with Crippen molar-refractivity contribution in [1.29, 1.82) is 0 Å². The van der Waals surface area contributed by atoms with E-state index in [9.17, 15) is 14.9 Å². The van der Waals surface area contributed by atoms with Crippen LogP contribution in [0.3, 0.4) is 0 Å². The van der Waals surface area contributed by atoms with Gasteiger partial charge in [-0.05, 0) is 6.07 Å². The van der Waals surface area contributed by atoms with Crippen LogP contribution >= 0.6 is 12.6 Å². The lowest BCUT2D eigenvalue weighted by Gasteiger charge is -1.98. The Morgan fingerprint density at radius 3 is 2.76 bits per heavy atom. The van der Waals surface area contributed by atoms with E-state index in [2.05, 4.69) is 24.5 Å². The van der Waals surface area contributed by atoms with Crippen molar-refractivity contribution >= 4 is 24.3 Å². The normalized spacial score (nSPS) is 9.24. The fourth-order valence-corrected chi connectivity index (χ4v) is 1.26. The summed E-state index contributed by atoms with van der Waals surface area (Å²) in [5.74, 6) is 4.70. The lowest BCUT2D eigenvalue weighted by atomic mass is 10.1. The molecule has 0 amide bonds. The molecule has 1 aromatic rings. The molecule has 0 aliphatic rings. The van der Waals surface area contributed by atoms with Gasteiger partial charge in [-0.3, -0.25) is 10.1 Å². The van der Waals surface area contributed by atoms with Crippen molar-refractivity contribution in [2.45, 2.75) is 6.42 Å². The number of hydrogen-bond acceptors (Lipinski definition) is 4. The van der Waals surface area contributed by atoms with Gasteiger partial charge in [0.1, 0.15) is 0 Å². The molecule has 0 fully saturated rings. The molecule has 6 heteroatoms. The summed E-state index contributed by atoms with van der Waals surface area (Å²) in [5, 5.41) is 19.5. The molecule has 88 valence electrons. The Hall–Kier alpha value is -2.00. The smallest absolute Gasteiger partial charge is 0.336 e. The van der Waals surface area contributed by atoms with Gasteiger partial charge in [-0.2, -0.15) is 12.6 Å². The zero-order valence-corrected chi connectivity index (χ0v) is 9.61. The summed E-state index contributed by atoms with van der Waals surface area (Å²) in [5.41, 5.74) is -0.0686. The van der Waals surface area contributed by atoms with Crippen LogP contribution < -0.4 is 0 Å². The Balaban J connectivity index is 3.22. The van der Waals surface area contributed by atoms with Crippen LogP contribution in [0.5, 0.6) is 0 Å². The summed E-state index contributed by atoms with van der Waals surface area (Å²) in [7, 11) is 0. The molecule has 0 saturated carbocycles. The van der Waals surface area contributed by atoms with Gasteiger partial charge in [0.25, 0.3) is 5.69 Å². The van der Waals surface area contributed by atoms with Crippen molar-refractivity contribution < 1.29 is 14.8 Å². The SMILES string of the molecule is O=C(O)c1ccc([N+](=O)[O-])cc1C#CCCS. The highest BCUT2D eigenvalue weighted by Gasteiger charge is 2.13. The summed E-state index contributed by atoms with van der Waals surface area (Å²) in [6.45, 7) is 0. The average Bonchev–Trinajstić information content (AvgIpc) is 2.28. The average molecular weight is 251 g/mol. The molecule has 0 radical (unpaired) electrons. The Labute approximate surface area is 103 Å². The highest BCUT2D eigenvalue weighted by molar-refractivity contribution is 7.80. The standard InChI is InChI=1S/C11H9NO4S/c13-11(14)10-5-4-9(12(15)16)7-8(10)3-1-2-6-17/h4-5,7,17H,2,6H2,(H,13,14). The molecule has 0 spiro atoms. The lowest BCUT2D eigenvalue weighted by molar-refractivity contribution is -0.384. The molecule has 0 aliphatic heterocycles. The van der Waals surface area contributed by atoms with Crippen LogP contribution in [0.15, 0.2) is 18.2 Å². The predicted octanol–water partition coefficient (Wildman–Crippen LogP) is 1.96. The van der Waals surface area contributed by atoms with Crippen molar-refractivity contribution in [2.24, 2.45) is 0 Å². The molecular formula is C11H9NO4S. The maximum absolute atomic E-state index is 10.9. The van der Waals surface area contributed by atoms with Crippen molar-refractivity contribution in [3.05, 3.63) is 39.4 Å². The zero-order chi connectivity index (χ0) is 12.8. The highest BCUT2D eigenvalue weighted by atomic mass is 32.1. The molecule has 0 bridgehead atoms. The second-order valence-corrected chi connectivity index (χ2v) is 3.51. The molecule has 0 aromatic heterocycles. The van der Waals surface area contributed by atoms with Crippen LogP contribution in [0.2, 0.25) is 0 Å². The maximum atomic E-state index is 10.9. The minimum Gasteiger partial charge on any atom is -0.478 e. The number of non-ortho nitro benzene ring substituents is 1. The molecular weight excluding hydrogens is 242 g/mol. The predicted molar refractivity (Wildman–Crippen MR) is 65.4 cm³/mol. The van der Waals surface area contributed by atoms with Gasteiger partial charge in [0.2, 0.25) is 0 Å². The minimum absolute atomic E-state index is 0.0396. The number of carbonyl (C=O) groups is 1. The number of carboxylic acids is 1. The first-order chi connectivity index (χ1) is 8.06. The number of hydrogen-bond donors (Lipinski definition) is 2. The van der Waals surface area contributed by atoms with E-state index in [1.165, 1.54) is 6.07 Å². The molecule has 0 saturated heterocycles. The number of nitro groups is 1. The summed E-state index contributed by atoms with van der Waals surface area (Å²) in [4.78, 5) is 20.9. The van der Waals surface area contributed by atoms with E-state index in [0.29, 0.717) is 12.2 Å². The van der Waals surface area contributed by atoms with Gasteiger partial charge in [0.15, 0.2) is 0 Å². The lowest BCUT2D eigenvalue weighted by Crippen LogP contribution is -2.01. The molecule has 1 rings (SSSR count). The highest BCUT2D eigenvalue weighted by Crippen LogP contribution is 2.17. The fraction of sp³-hybridized carbons (Fsp3) is 0.182. The van der Waals surface area contributed by atoms with Crippen LogP contribution in [-0.2, 0) is 0 Å². The van der Waals surface area contributed by atoms with Gasteiger partial charge in [0.05, 0.1) is 10.5 Å². The van der Waals surface area contributed by atoms with Crippen LogP contribution in [0.1, 0.15) is 22.3 Å². The number of nitro benzene ring substituents is 1. The van der Waals surface area contributed by atoms with Gasteiger partial charge < -0.3 is 5.11 Å². The van der Waals surface area contributed by atoms with Crippen molar-refractivity contribution in [3.63, 3.8) is 0 Å². The number of carboxylic acid groups (broad SMARTS) is 1. The van der Waals surface area contributed by atoms with Crippen LogP contribution in [0, 0.1) is 22.0 Å². The summed E-state index contributed by atoms with van der Waals surface area (Å²) >= 11 is 3.96. The quantitative estimate of drug-likeness (QED) is 0.372. The van der Waals surface area contributed by atoms with E-state index in [4.69, 9.17) is 5.11 Å². The van der Waals surface area contributed by atoms with E-state index >= 15 is 0 Å². The number of rotatable bonds is 3. The Morgan fingerprint density at radius 1 is 1.53 bits per heavy atom. The van der Waals surface area contributed by atoms with Crippen LogP contribution in [0.25, 0.3) is 0 Å². The van der Waals surface area contributed by atoms with E-state index in [1.807, 2.05) is 0 Å². The fourth-order valence-electron chi connectivity index (χ4n) is 1.15. The molecule has 0 unspecified atom stereocenters. The van der Waals surface area contributed by atoms with Gasteiger partial charge in [-0.25, -0.2) is 4.79 Å². The minimum atomic E-state index is -1.16. The van der Waals surface area contributed by atoms with Gasteiger partial charge >= 0.3 is 5.97 Å². The summed E-state index contributed by atoms with van der Waals surface area (Å²) < 4.78 is 0. The summed E-state index contributed by atoms with van der Waals surface area (Å²) in [6, 6.07) is 3.49. The van der Waals surface area contributed by atoms with E-state index < -0.39 is 10.9 Å². The monoisotopic (exact) mass is 251 g/mol. The number of benzene rings is 1. The first-order valence-corrected chi connectivity index (χ1v) is 5.31. The van der Waals surface area contributed by atoms with E-state index in [1.54, 1.807) is 0 Å². The third-order valence-corrected chi connectivity index (χ3v) is 2.13. The maximum Gasteiger partial charge on any atom is 0.336 e. The molecule has 5 nitrogen and oxygen atoms in total. The molecule has 1 N–H and O–H groups in total. The molecule has 0 aliphatic carbocycles. The first kappa shape index (κ1) is 13.1. The third kappa shape index (κ3) is 3.50. The Kier molecular flexibility index (Phi) is 4.55. The van der Waals surface area contributed by atoms with Crippen LogP contribution in [-0.4, -0.2) is 21.8 Å². The molecule has 17 heavy (non-hydrogen) atoms. The topological polar surface area (TPSA) is 80.4 Å². The molecule has 0 heterocycles. The van der Waals surface area contributed by atoms with Crippen molar-refractivity contribution in [2.75, 3.05) is 5.75 Å². The summed E-state index contributed by atoms with van der Waals surface area (Å²) in [6.07, 6.45) is 0.491. The number of nitrogens with zero attached hydrogens (tertiary/aromatic N) is 1. The van der Waals surface area contributed by atoms with Crippen molar-refractivity contribution in [1.82, 2.24) is 0 Å². The van der Waals surface area contributed by atoms with Gasteiger partial charge in [0, 0.05) is 29.9 Å². The largest absolute Gasteiger partial charge is 0.478 e. The van der Waals surface area contributed by atoms with Gasteiger partial charge in [-0.15, -0.1) is 0 Å². The Bertz CT molecular complexity index is 516. The first-order valence-electron chi connectivity index (χ1n) is 4.67. The second-order valence-electron chi connectivity index (χ2n) is 3.07. The molecule has 1 aromatic carbocycles. The van der Waals surface area contributed by atoms with Gasteiger partial charge in [-0.1, -0.05) is 11.8 Å². The second kappa shape index (κ2) is 5.92. The Morgan fingerprint density at radius 2 is 2.24 bits per heavy atom. The number of aromatic carboxylic acids is 1. The third-order valence-electron chi connectivity index (χ3n) is 1.90. The zero-order valence-electron chi connectivity index (χ0n) is 8.71. The van der Waals surface area contributed by atoms with E-state index in [0.717, 1.165) is 12.1 Å². The van der Waals surface area contributed by atoms with Crippen molar-refractivity contribution in [3.8, 4) is 11.8 Å². The number of thiol groups is 1. The molecule has 0 atom stereocenters. The van der Waals surface area contributed by atoms with E-state index in [-0.39, 0.29) is 16.8 Å². The van der Waals surface area contributed by atoms with Crippen LogP contribution in [0.4, 0.5) is 5.69 Å².